The number of halogens is 2. The summed E-state index contributed by atoms with van der Waals surface area (Å²) < 4.78 is 1.09. The van der Waals surface area contributed by atoms with Crippen LogP contribution in [0.5, 0.6) is 0 Å². The maximum atomic E-state index is 6.00. The fraction of sp³-hybridized carbons (Fsp3) is 0.200. The van der Waals surface area contributed by atoms with E-state index in [-0.39, 0.29) is 0 Å². The van der Waals surface area contributed by atoms with Gasteiger partial charge in [0.1, 0.15) is 0 Å². The number of hydrogen-bond donors (Lipinski definition) is 1. The monoisotopic (exact) mass is 323 g/mol. The molecule has 1 atom stereocenters. The summed E-state index contributed by atoms with van der Waals surface area (Å²) in [5.41, 5.74) is 8.37. The molecule has 3 heteroatoms. The average Bonchev–Trinajstić information content (AvgIpc) is 2.36. The minimum Gasteiger partial charge on any atom is -0.330 e. The highest BCUT2D eigenvalue weighted by Crippen LogP contribution is 2.24. The Hall–Kier alpha value is -0.830. The molecule has 1 nitrogen and oxygen atoms in total. The second-order valence-electron chi connectivity index (χ2n) is 4.32. The molecule has 2 aromatic rings. The fourth-order valence-electron chi connectivity index (χ4n) is 2.05. The average molecular weight is 325 g/mol. The molecule has 0 aliphatic carbocycles. The predicted molar refractivity (Wildman–Crippen MR) is 81.1 cm³/mol. The topological polar surface area (TPSA) is 26.0 Å². The number of nitrogens with two attached hydrogens (primary N) is 1. The molecule has 1 unspecified atom stereocenters. The second kappa shape index (κ2) is 6.37. The molecule has 2 aromatic carbocycles. The summed E-state index contributed by atoms with van der Waals surface area (Å²) >= 11 is 9.50. The van der Waals surface area contributed by atoms with Crippen LogP contribution >= 0.6 is 27.5 Å². The molecule has 0 aliphatic heterocycles. The largest absolute Gasteiger partial charge is 0.330 e. The lowest BCUT2D eigenvalue weighted by Gasteiger charge is -2.16. The molecule has 0 bridgehead atoms. The molecule has 0 heterocycles. The Morgan fingerprint density at radius 3 is 2.56 bits per heavy atom. The van der Waals surface area contributed by atoms with Crippen molar-refractivity contribution in [2.45, 2.75) is 12.3 Å². The van der Waals surface area contributed by atoms with Gasteiger partial charge in [0.05, 0.1) is 0 Å². The number of benzene rings is 2. The van der Waals surface area contributed by atoms with Crippen LogP contribution in [0.15, 0.2) is 53.0 Å². The minimum atomic E-state index is 0.320. The van der Waals surface area contributed by atoms with Crippen molar-refractivity contribution in [2.75, 3.05) is 6.54 Å². The highest BCUT2D eigenvalue weighted by Gasteiger charge is 2.11. The molecular weight excluding hydrogens is 310 g/mol. The van der Waals surface area contributed by atoms with E-state index < -0.39 is 0 Å². The molecule has 0 radical (unpaired) electrons. The molecule has 0 spiro atoms. The molecule has 2 N–H and O–H groups in total. The summed E-state index contributed by atoms with van der Waals surface area (Å²) in [4.78, 5) is 0. The maximum Gasteiger partial charge on any atom is 0.0408 e. The zero-order valence-corrected chi connectivity index (χ0v) is 12.3. The van der Waals surface area contributed by atoms with Crippen molar-refractivity contribution in [1.29, 1.82) is 0 Å². The molecule has 0 saturated carbocycles. The first-order valence-electron chi connectivity index (χ1n) is 5.89. The smallest absolute Gasteiger partial charge is 0.0408 e. The Kier molecular flexibility index (Phi) is 4.81. The molecule has 0 aliphatic rings. The molecular formula is C15H15BrClN. The zero-order chi connectivity index (χ0) is 13.0. The van der Waals surface area contributed by atoms with Crippen molar-refractivity contribution in [2.24, 2.45) is 5.73 Å². The fourth-order valence-corrected chi connectivity index (χ4v) is 2.68. The van der Waals surface area contributed by atoms with E-state index in [9.17, 15) is 0 Å². The van der Waals surface area contributed by atoms with Gasteiger partial charge in [-0.2, -0.15) is 0 Å². The third kappa shape index (κ3) is 3.58. The SMILES string of the molecule is NCC(Cc1cccc(Cl)c1)c1cccc(Br)c1. The van der Waals surface area contributed by atoms with E-state index in [2.05, 4.69) is 34.1 Å². The zero-order valence-electron chi connectivity index (χ0n) is 9.94. The van der Waals surface area contributed by atoms with Gasteiger partial charge in [-0.05, 0) is 48.4 Å². The van der Waals surface area contributed by atoms with Gasteiger partial charge >= 0.3 is 0 Å². The number of rotatable bonds is 4. The van der Waals surface area contributed by atoms with Crippen LogP contribution in [-0.2, 0) is 6.42 Å². The summed E-state index contributed by atoms with van der Waals surface area (Å²) in [6, 6.07) is 16.3. The van der Waals surface area contributed by atoms with Crippen molar-refractivity contribution >= 4 is 27.5 Å². The van der Waals surface area contributed by atoms with Crippen LogP contribution in [0.4, 0.5) is 0 Å². The van der Waals surface area contributed by atoms with E-state index in [1.807, 2.05) is 30.3 Å². The van der Waals surface area contributed by atoms with Gasteiger partial charge in [0.25, 0.3) is 0 Å². The van der Waals surface area contributed by atoms with Crippen molar-refractivity contribution in [3.63, 3.8) is 0 Å². The van der Waals surface area contributed by atoms with Crippen LogP contribution in [0.3, 0.4) is 0 Å². The van der Waals surface area contributed by atoms with Gasteiger partial charge in [0.2, 0.25) is 0 Å². The van der Waals surface area contributed by atoms with E-state index in [1.54, 1.807) is 0 Å². The summed E-state index contributed by atoms with van der Waals surface area (Å²) in [6.07, 6.45) is 0.910. The van der Waals surface area contributed by atoms with Gasteiger partial charge in [-0.25, -0.2) is 0 Å². The Bertz CT molecular complexity index is 527. The Balaban J connectivity index is 2.19. The van der Waals surface area contributed by atoms with E-state index in [4.69, 9.17) is 17.3 Å². The maximum absolute atomic E-state index is 6.00. The van der Waals surface area contributed by atoms with Crippen LogP contribution in [0.2, 0.25) is 5.02 Å². The molecule has 0 saturated heterocycles. The lowest BCUT2D eigenvalue weighted by Crippen LogP contribution is -2.15. The molecule has 0 fully saturated rings. The van der Waals surface area contributed by atoms with Crippen LogP contribution in [0.1, 0.15) is 17.0 Å². The van der Waals surface area contributed by atoms with Crippen LogP contribution in [0, 0.1) is 0 Å². The highest BCUT2D eigenvalue weighted by molar-refractivity contribution is 9.10. The second-order valence-corrected chi connectivity index (χ2v) is 5.67. The van der Waals surface area contributed by atoms with Gasteiger partial charge < -0.3 is 5.73 Å². The first-order valence-corrected chi connectivity index (χ1v) is 7.06. The summed E-state index contributed by atoms with van der Waals surface area (Å²) in [5, 5.41) is 0.775. The summed E-state index contributed by atoms with van der Waals surface area (Å²) in [5.74, 6) is 0.320. The standard InChI is InChI=1S/C15H15BrClN/c16-14-5-2-4-12(9-14)13(10-18)7-11-3-1-6-15(17)8-11/h1-6,8-9,13H,7,10,18H2. The Morgan fingerprint density at radius 1 is 1.11 bits per heavy atom. The van der Waals surface area contributed by atoms with Crippen molar-refractivity contribution in [3.05, 3.63) is 69.2 Å². The molecule has 0 aromatic heterocycles. The van der Waals surface area contributed by atoms with Crippen molar-refractivity contribution in [3.8, 4) is 0 Å². The van der Waals surface area contributed by atoms with Gasteiger partial charge in [-0.3, -0.25) is 0 Å². The third-order valence-electron chi connectivity index (χ3n) is 2.98. The predicted octanol–water partition coefficient (Wildman–Crippen LogP) is 4.39. The Labute approximate surface area is 121 Å². The lowest BCUT2D eigenvalue weighted by atomic mass is 9.92. The van der Waals surface area contributed by atoms with Gasteiger partial charge in [0.15, 0.2) is 0 Å². The first kappa shape index (κ1) is 13.6. The van der Waals surface area contributed by atoms with Crippen molar-refractivity contribution < 1.29 is 0 Å². The first-order chi connectivity index (χ1) is 8.69. The van der Waals surface area contributed by atoms with E-state index in [0.29, 0.717) is 12.5 Å². The molecule has 2 rings (SSSR count). The quantitative estimate of drug-likeness (QED) is 0.887. The third-order valence-corrected chi connectivity index (χ3v) is 3.70. The van der Waals surface area contributed by atoms with Crippen LogP contribution < -0.4 is 5.73 Å². The normalized spacial score (nSPS) is 12.4. The summed E-state index contributed by atoms with van der Waals surface area (Å²) in [7, 11) is 0. The van der Waals surface area contributed by atoms with E-state index in [1.165, 1.54) is 11.1 Å². The Morgan fingerprint density at radius 2 is 1.89 bits per heavy atom. The van der Waals surface area contributed by atoms with Gasteiger partial charge in [-0.15, -0.1) is 0 Å². The molecule has 0 amide bonds. The minimum absolute atomic E-state index is 0.320. The number of hydrogen-bond acceptors (Lipinski definition) is 1. The molecule has 94 valence electrons. The van der Waals surface area contributed by atoms with Crippen molar-refractivity contribution in [1.82, 2.24) is 0 Å². The summed E-state index contributed by atoms with van der Waals surface area (Å²) in [6.45, 7) is 0.628. The van der Waals surface area contributed by atoms with Gasteiger partial charge in [-0.1, -0.05) is 51.8 Å². The highest BCUT2D eigenvalue weighted by atomic mass is 79.9. The van der Waals surface area contributed by atoms with E-state index >= 15 is 0 Å². The molecule has 18 heavy (non-hydrogen) atoms. The van der Waals surface area contributed by atoms with E-state index in [0.717, 1.165) is 15.9 Å². The van der Waals surface area contributed by atoms with Gasteiger partial charge in [0, 0.05) is 15.4 Å². The van der Waals surface area contributed by atoms with Crippen LogP contribution in [-0.4, -0.2) is 6.54 Å². The van der Waals surface area contributed by atoms with Crippen LogP contribution in [0.25, 0.3) is 0 Å². The lowest BCUT2D eigenvalue weighted by molar-refractivity contribution is 0.694.